The summed E-state index contributed by atoms with van der Waals surface area (Å²) in [5.41, 5.74) is 0.745. The van der Waals surface area contributed by atoms with Crippen LogP contribution in [0.2, 0.25) is 0 Å². The Morgan fingerprint density at radius 3 is 2.23 bits per heavy atom. The van der Waals surface area contributed by atoms with Crippen LogP contribution in [-0.4, -0.2) is 31.0 Å². The Hall–Kier alpha value is -3.61. The average Bonchev–Trinajstić information content (AvgIpc) is 2.65. The van der Waals surface area contributed by atoms with Crippen molar-refractivity contribution in [3.8, 4) is 5.75 Å². The number of anilines is 5. The van der Waals surface area contributed by atoms with E-state index in [1.165, 1.54) is 24.3 Å². The SMILES string of the molecule is CS(=O)(=O)Nc1ccccc1Nc1nc(Nc2ccc(OC(F)(F)F)cc2)ncc1F. The third kappa shape index (κ3) is 6.70. The fourth-order valence-electron chi connectivity index (χ4n) is 2.39. The number of nitrogens with zero attached hydrogens (tertiary/aromatic N) is 2. The van der Waals surface area contributed by atoms with Crippen LogP contribution >= 0.6 is 0 Å². The number of rotatable bonds is 7. The second-order valence-electron chi connectivity index (χ2n) is 6.13. The standard InChI is InChI=1S/C18H15F4N5O3S/c1-31(28,29)27-15-5-3-2-4-14(15)25-16-13(19)10-23-17(26-16)24-11-6-8-12(9-7-11)30-18(20,21)22/h2-10,27H,1H3,(H2,23,24,25,26). The number of hydrogen-bond acceptors (Lipinski definition) is 7. The van der Waals surface area contributed by atoms with Gasteiger partial charge in [-0.2, -0.15) is 4.98 Å². The minimum Gasteiger partial charge on any atom is -0.406 e. The van der Waals surface area contributed by atoms with Gasteiger partial charge in [0.15, 0.2) is 11.6 Å². The van der Waals surface area contributed by atoms with E-state index in [1.54, 1.807) is 12.1 Å². The molecule has 2 aromatic carbocycles. The minimum absolute atomic E-state index is 0.0538. The molecular formula is C18H15F4N5O3S. The van der Waals surface area contributed by atoms with Crippen molar-refractivity contribution in [3.05, 3.63) is 60.5 Å². The summed E-state index contributed by atoms with van der Waals surface area (Å²) in [6.07, 6.45) is -2.95. The Balaban J connectivity index is 1.79. The van der Waals surface area contributed by atoms with E-state index < -0.39 is 28.0 Å². The minimum atomic E-state index is -4.81. The number of sulfonamides is 1. The van der Waals surface area contributed by atoms with E-state index in [0.29, 0.717) is 5.69 Å². The van der Waals surface area contributed by atoms with Gasteiger partial charge in [0.25, 0.3) is 0 Å². The molecule has 0 amide bonds. The highest BCUT2D eigenvalue weighted by atomic mass is 32.2. The number of hydrogen-bond donors (Lipinski definition) is 3. The van der Waals surface area contributed by atoms with Crippen molar-refractivity contribution >= 4 is 38.9 Å². The molecule has 0 saturated heterocycles. The molecule has 1 aromatic heterocycles. The number of ether oxygens (including phenoxy) is 1. The molecule has 3 rings (SSSR count). The van der Waals surface area contributed by atoms with Gasteiger partial charge in [0.05, 0.1) is 23.8 Å². The van der Waals surface area contributed by atoms with Crippen LogP contribution in [0.25, 0.3) is 0 Å². The number of alkyl halides is 3. The molecule has 1 heterocycles. The monoisotopic (exact) mass is 457 g/mol. The Morgan fingerprint density at radius 1 is 0.968 bits per heavy atom. The Bertz CT molecular complexity index is 1170. The molecule has 8 nitrogen and oxygen atoms in total. The first-order valence-electron chi connectivity index (χ1n) is 8.48. The molecule has 0 radical (unpaired) electrons. The van der Waals surface area contributed by atoms with E-state index in [0.717, 1.165) is 24.6 Å². The first kappa shape index (κ1) is 22.1. The van der Waals surface area contributed by atoms with Gasteiger partial charge in [-0.25, -0.2) is 17.8 Å². The van der Waals surface area contributed by atoms with Crippen molar-refractivity contribution in [2.75, 3.05) is 21.6 Å². The first-order chi connectivity index (χ1) is 14.5. The Kier molecular flexibility index (Phi) is 6.15. The van der Waals surface area contributed by atoms with Gasteiger partial charge in [-0.15, -0.1) is 13.2 Å². The zero-order chi connectivity index (χ0) is 22.6. The van der Waals surface area contributed by atoms with Crippen LogP contribution in [0, 0.1) is 5.82 Å². The molecular weight excluding hydrogens is 442 g/mol. The smallest absolute Gasteiger partial charge is 0.406 e. The summed E-state index contributed by atoms with van der Waals surface area (Å²) in [4.78, 5) is 7.77. The van der Waals surface area contributed by atoms with Crippen molar-refractivity contribution in [2.45, 2.75) is 6.36 Å². The molecule has 0 saturated carbocycles. The topological polar surface area (TPSA) is 105 Å². The van der Waals surface area contributed by atoms with Gasteiger partial charge in [0, 0.05) is 5.69 Å². The summed E-state index contributed by atoms with van der Waals surface area (Å²) in [5, 5.41) is 5.41. The first-order valence-corrected chi connectivity index (χ1v) is 10.4. The number of nitrogens with one attached hydrogen (secondary N) is 3. The predicted octanol–water partition coefficient (Wildman–Crippen LogP) is 4.37. The third-order valence-electron chi connectivity index (χ3n) is 3.56. The largest absolute Gasteiger partial charge is 0.573 e. The number of halogens is 4. The Morgan fingerprint density at radius 2 is 1.61 bits per heavy atom. The van der Waals surface area contributed by atoms with E-state index >= 15 is 0 Å². The summed E-state index contributed by atoms with van der Waals surface area (Å²) in [6.45, 7) is 0. The van der Waals surface area contributed by atoms with Gasteiger partial charge in [0.1, 0.15) is 5.75 Å². The van der Waals surface area contributed by atoms with E-state index in [9.17, 15) is 26.0 Å². The van der Waals surface area contributed by atoms with Gasteiger partial charge >= 0.3 is 6.36 Å². The molecule has 0 bridgehead atoms. The van der Waals surface area contributed by atoms with E-state index in [1.807, 2.05) is 0 Å². The van der Waals surface area contributed by atoms with Gasteiger partial charge in [0.2, 0.25) is 16.0 Å². The van der Waals surface area contributed by atoms with Gasteiger partial charge < -0.3 is 15.4 Å². The van der Waals surface area contributed by atoms with Crippen molar-refractivity contribution < 1.29 is 30.7 Å². The molecule has 3 N–H and O–H groups in total. The quantitative estimate of drug-likeness (QED) is 0.453. The van der Waals surface area contributed by atoms with Crippen LogP contribution in [0.5, 0.6) is 5.75 Å². The van der Waals surface area contributed by atoms with Crippen molar-refractivity contribution in [2.24, 2.45) is 0 Å². The predicted molar refractivity (Wildman–Crippen MR) is 107 cm³/mol. The van der Waals surface area contributed by atoms with Crippen LogP contribution in [0.15, 0.2) is 54.7 Å². The molecule has 0 aliphatic rings. The molecule has 31 heavy (non-hydrogen) atoms. The summed E-state index contributed by atoms with van der Waals surface area (Å²) in [7, 11) is -3.58. The van der Waals surface area contributed by atoms with Crippen LogP contribution in [0.4, 0.5) is 46.4 Å². The lowest BCUT2D eigenvalue weighted by Gasteiger charge is -2.13. The summed E-state index contributed by atoms with van der Waals surface area (Å²) in [5.74, 6) is -1.52. The van der Waals surface area contributed by atoms with Crippen LogP contribution in [-0.2, 0) is 10.0 Å². The van der Waals surface area contributed by atoms with Crippen LogP contribution in [0.1, 0.15) is 0 Å². The lowest BCUT2D eigenvalue weighted by Crippen LogP contribution is -2.17. The number of para-hydroxylation sites is 2. The lowest BCUT2D eigenvalue weighted by atomic mass is 10.2. The number of benzene rings is 2. The molecule has 0 unspecified atom stereocenters. The Labute approximate surface area is 174 Å². The van der Waals surface area contributed by atoms with E-state index in [4.69, 9.17) is 0 Å². The molecule has 164 valence electrons. The average molecular weight is 457 g/mol. The third-order valence-corrected chi connectivity index (χ3v) is 4.15. The zero-order valence-electron chi connectivity index (χ0n) is 15.7. The van der Waals surface area contributed by atoms with Crippen LogP contribution < -0.4 is 20.1 Å². The van der Waals surface area contributed by atoms with Gasteiger partial charge in [-0.05, 0) is 36.4 Å². The van der Waals surface area contributed by atoms with Crippen molar-refractivity contribution in [3.63, 3.8) is 0 Å². The summed E-state index contributed by atoms with van der Waals surface area (Å²) < 4.78 is 80.0. The molecule has 3 aromatic rings. The van der Waals surface area contributed by atoms with E-state index in [-0.39, 0.29) is 23.1 Å². The van der Waals surface area contributed by atoms with Gasteiger partial charge in [-0.3, -0.25) is 4.72 Å². The molecule has 0 atom stereocenters. The highest BCUT2D eigenvalue weighted by Gasteiger charge is 2.30. The maximum atomic E-state index is 14.2. The second-order valence-corrected chi connectivity index (χ2v) is 7.88. The fourth-order valence-corrected chi connectivity index (χ4v) is 2.97. The zero-order valence-corrected chi connectivity index (χ0v) is 16.6. The molecule has 0 spiro atoms. The summed E-state index contributed by atoms with van der Waals surface area (Å²) in [6, 6.07) is 11.0. The second kappa shape index (κ2) is 8.63. The molecule has 0 aliphatic heterocycles. The molecule has 0 fully saturated rings. The van der Waals surface area contributed by atoms with Crippen molar-refractivity contribution in [1.82, 2.24) is 9.97 Å². The molecule has 0 aliphatic carbocycles. The maximum Gasteiger partial charge on any atom is 0.573 e. The molecule has 13 heteroatoms. The number of aromatic nitrogens is 2. The van der Waals surface area contributed by atoms with Gasteiger partial charge in [-0.1, -0.05) is 12.1 Å². The fraction of sp³-hybridized carbons (Fsp3) is 0.111. The summed E-state index contributed by atoms with van der Waals surface area (Å²) >= 11 is 0. The highest BCUT2D eigenvalue weighted by molar-refractivity contribution is 7.92. The van der Waals surface area contributed by atoms with E-state index in [2.05, 4.69) is 30.1 Å². The highest BCUT2D eigenvalue weighted by Crippen LogP contribution is 2.28. The van der Waals surface area contributed by atoms with Crippen LogP contribution in [0.3, 0.4) is 0 Å². The lowest BCUT2D eigenvalue weighted by molar-refractivity contribution is -0.274. The van der Waals surface area contributed by atoms with Crippen molar-refractivity contribution in [1.29, 1.82) is 0 Å². The maximum absolute atomic E-state index is 14.2. The normalized spacial score (nSPS) is 11.6.